The van der Waals surface area contributed by atoms with Gasteiger partial charge in [-0.05, 0) is 26.7 Å². The number of nitrogens with zero attached hydrogens (tertiary/aromatic N) is 1. The van der Waals surface area contributed by atoms with Crippen molar-refractivity contribution in [3.05, 3.63) is 12.7 Å². The molecule has 0 amide bonds. The van der Waals surface area contributed by atoms with Crippen LogP contribution in [-0.4, -0.2) is 43.2 Å². The molecule has 0 aromatic heterocycles. The predicted molar refractivity (Wildman–Crippen MR) is 85.6 cm³/mol. The molecule has 0 radical (unpaired) electrons. The normalized spacial score (nSPS) is 11.3. The average Bonchev–Trinajstić information content (AvgIpc) is 2.48. The zero-order chi connectivity index (χ0) is 15.3. The molecule has 0 bridgehead atoms. The third kappa shape index (κ3) is 8.36. The van der Waals surface area contributed by atoms with Gasteiger partial charge in [-0.3, -0.25) is 0 Å². The van der Waals surface area contributed by atoms with Gasteiger partial charge in [-0.25, -0.2) is 4.79 Å². The van der Waals surface area contributed by atoms with Gasteiger partial charge in [-0.1, -0.05) is 39.2 Å². The van der Waals surface area contributed by atoms with E-state index in [0.717, 1.165) is 24.1 Å². The number of hydrogen-bond donors (Lipinski definition) is 0. The Kier molecular flexibility index (Phi) is 11.5. The van der Waals surface area contributed by atoms with E-state index in [0.29, 0.717) is 6.61 Å². The highest BCUT2D eigenvalue weighted by Gasteiger charge is 2.22. The van der Waals surface area contributed by atoms with E-state index in [4.69, 9.17) is 4.74 Å². The minimum Gasteiger partial charge on any atom is -0.457 e. The first-order valence-electron chi connectivity index (χ1n) is 8.28. The summed E-state index contributed by atoms with van der Waals surface area (Å²) >= 11 is 0. The van der Waals surface area contributed by atoms with Gasteiger partial charge in [0.1, 0.15) is 13.2 Å². The van der Waals surface area contributed by atoms with Crippen LogP contribution in [0.25, 0.3) is 0 Å². The Morgan fingerprint density at radius 2 is 1.60 bits per heavy atom. The van der Waals surface area contributed by atoms with Crippen LogP contribution in [0.1, 0.15) is 59.3 Å². The minimum absolute atomic E-state index is 0.310. The van der Waals surface area contributed by atoms with Crippen LogP contribution in [0.5, 0.6) is 0 Å². The Bertz CT molecular complexity index is 260. The Morgan fingerprint density at radius 1 is 1.00 bits per heavy atom. The highest BCUT2D eigenvalue weighted by Crippen LogP contribution is 2.12. The second-order valence-corrected chi connectivity index (χ2v) is 5.56. The molecule has 0 fully saturated rings. The standard InChI is InChI=1S/C17H34NO2/c1-5-9-10-11-12-13-14-18(7-3,8-4)15-16-20-17(19)6-2/h6H,2,5,7-16H2,1,3-4H3/q+1. The topological polar surface area (TPSA) is 26.3 Å². The molecule has 3 nitrogen and oxygen atoms in total. The number of carbonyl (C=O) groups is 1. The van der Waals surface area contributed by atoms with Crippen LogP contribution in [0.3, 0.4) is 0 Å². The number of esters is 1. The summed E-state index contributed by atoms with van der Waals surface area (Å²) in [6.45, 7) is 15.0. The maximum absolute atomic E-state index is 11.1. The van der Waals surface area contributed by atoms with Crippen molar-refractivity contribution in [2.45, 2.75) is 59.3 Å². The molecule has 0 saturated carbocycles. The summed E-state index contributed by atoms with van der Waals surface area (Å²) in [5.74, 6) is -0.310. The lowest BCUT2D eigenvalue weighted by Gasteiger charge is -2.36. The van der Waals surface area contributed by atoms with Gasteiger partial charge in [0.2, 0.25) is 0 Å². The molecule has 0 aromatic rings. The number of quaternary nitrogens is 1. The fourth-order valence-corrected chi connectivity index (χ4v) is 2.59. The van der Waals surface area contributed by atoms with Crippen LogP contribution in [-0.2, 0) is 9.53 Å². The number of unbranched alkanes of at least 4 members (excludes halogenated alkanes) is 5. The predicted octanol–water partition coefficient (Wildman–Crippen LogP) is 3.93. The molecule has 0 aromatic carbocycles. The van der Waals surface area contributed by atoms with E-state index < -0.39 is 0 Å². The van der Waals surface area contributed by atoms with Crippen molar-refractivity contribution in [1.29, 1.82) is 0 Å². The van der Waals surface area contributed by atoms with Crippen LogP contribution in [0.15, 0.2) is 12.7 Å². The number of carbonyl (C=O) groups excluding carboxylic acids is 1. The van der Waals surface area contributed by atoms with Crippen molar-refractivity contribution in [3.8, 4) is 0 Å². The molecule has 3 heteroatoms. The van der Waals surface area contributed by atoms with E-state index in [1.54, 1.807) is 0 Å². The fraction of sp³-hybridized carbons (Fsp3) is 0.824. The lowest BCUT2D eigenvalue weighted by molar-refractivity contribution is -0.925. The van der Waals surface area contributed by atoms with Gasteiger partial charge in [0.25, 0.3) is 0 Å². The Labute approximate surface area is 125 Å². The maximum atomic E-state index is 11.1. The fourth-order valence-electron chi connectivity index (χ4n) is 2.59. The van der Waals surface area contributed by atoms with Gasteiger partial charge in [0.15, 0.2) is 0 Å². The van der Waals surface area contributed by atoms with Crippen molar-refractivity contribution < 1.29 is 14.0 Å². The average molecular weight is 284 g/mol. The molecule has 0 aliphatic heterocycles. The first-order valence-corrected chi connectivity index (χ1v) is 8.28. The third-order valence-electron chi connectivity index (χ3n) is 4.30. The lowest BCUT2D eigenvalue weighted by Crippen LogP contribution is -2.50. The van der Waals surface area contributed by atoms with E-state index in [9.17, 15) is 4.79 Å². The van der Waals surface area contributed by atoms with Gasteiger partial charge in [0, 0.05) is 6.08 Å². The number of rotatable bonds is 13. The zero-order valence-electron chi connectivity index (χ0n) is 13.8. The summed E-state index contributed by atoms with van der Waals surface area (Å²) < 4.78 is 6.19. The van der Waals surface area contributed by atoms with E-state index in [1.807, 2.05) is 0 Å². The highest BCUT2D eigenvalue weighted by molar-refractivity contribution is 5.81. The summed E-state index contributed by atoms with van der Waals surface area (Å²) in [6.07, 6.45) is 9.23. The van der Waals surface area contributed by atoms with Gasteiger partial charge in [-0.2, -0.15) is 0 Å². The molecular formula is C17H34NO2+. The van der Waals surface area contributed by atoms with Gasteiger partial charge in [0.05, 0.1) is 19.6 Å². The Hall–Kier alpha value is -0.830. The summed E-state index contributed by atoms with van der Waals surface area (Å²) in [7, 11) is 0. The monoisotopic (exact) mass is 284 g/mol. The summed E-state index contributed by atoms with van der Waals surface area (Å²) in [4.78, 5) is 11.1. The first kappa shape index (κ1) is 19.2. The first-order chi connectivity index (χ1) is 9.64. The van der Waals surface area contributed by atoms with Gasteiger partial charge >= 0.3 is 5.97 Å². The number of ether oxygens (including phenoxy) is 1. The quantitative estimate of drug-likeness (QED) is 0.222. The molecule has 0 heterocycles. The largest absolute Gasteiger partial charge is 0.457 e. The molecule has 0 aliphatic rings. The van der Waals surface area contributed by atoms with Crippen molar-refractivity contribution in [2.24, 2.45) is 0 Å². The van der Waals surface area contributed by atoms with Gasteiger partial charge < -0.3 is 9.22 Å². The third-order valence-corrected chi connectivity index (χ3v) is 4.30. The molecule has 0 atom stereocenters. The second-order valence-electron chi connectivity index (χ2n) is 5.56. The van der Waals surface area contributed by atoms with Crippen molar-refractivity contribution >= 4 is 5.97 Å². The Morgan fingerprint density at radius 3 is 2.15 bits per heavy atom. The molecular weight excluding hydrogens is 250 g/mol. The summed E-state index contributed by atoms with van der Waals surface area (Å²) in [6, 6.07) is 0. The van der Waals surface area contributed by atoms with Gasteiger partial charge in [-0.15, -0.1) is 0 Å². The van der Waals surface area contributed by atoms with Crippen LogP contribution in [0.2, 0.25) is 0 Å². The van der Waals surface area contributed by atoms with Crippen LogP contribution in [0, 0.1) is 0 Å². The second kappa shape index (κ2) is 12.0. The molecule has 0 N–H and O–H groups in total. The molecule has 20 heavy (non-hydrogen) atoms. The SMILES string of the molecule is C=CC(=O)OCC[N+](CC)(CC)CCCCCCCC. The summed E-state index contributed by atoms with van der Waals surface area (Å²) in [5.41, 5.74) is 0. The van der Waals surface area contributed by atoms with Crippen molar-refractivity contribution in [1.82, 2.24) is 0 Å². The van der Waals surface area contributed by atoms with E-state index in [2.05, 4.69) is 27.4 Å². The smallest absolute Gasteiger partial charge is 0.330 e. The van der Waals surface area contributed by atoms with E-state index in [1.165, 1.54) is 51.1 Å². The van der Waals surface area contributed by atoms with E-state index in [-0.39, 0.29) is 5.97 Å². The molecule has 0 unspecified atom stereocenters. The molecule has 0 rings (SSSR count). The number of likely N-dealkylation sites (N-methyl/N-ethyl adjacent to an activating group) is 1. The molecule has 0 aliphatic carbocycles. The lowest BCUT2D eigenvalue weighted by atomic mass is 10.1. The summed E-state index contributed by atoms with van der Waals surface area (Å²) in [5, 5.41) is 0. The van der Waals surface area contributed by atoms with Crippen LogP contribution < -0.4 is 0 Å². The maximum Gasteiger partial charge on any atom is 0.330 e. The van der Waals surface area contributed by atoms with Crippen molar-refractivity contribution in [2.75, 3.05) is 32.8 Å². The highest BCUT2D eigenvalue weighted by atomic mass is 16.5. The van der Waals surface area contributed by atoms with Crippen LogP contribution >= 0.6 is 0 Å². The number of hydrogen-bond acceptors (Lipinski definition) is 2. The molecule has 118 valence electrons. The van der Waals surface area contributed by atoms with Crippen LogP contribution in [0.4, 0.5) is 0 Å². The van der Waals surface area contributed by atoms with E-state index >= 15 is 0 Å². The zero-order valence-corrected chi connectivity index (χ0v) is 13.8. The minimum atomic E-state index is -0.310. The molecule has 0 spiro atoms. The Balaban J connectivity index is 3.98. The molecule has 0 saturated heterocycles. The van der Waals surface area contributed by atoms with Crippen molar-refractivity contribution in [3.63, 3.8) is 0 Å².